The average Bonchev–Trinajstić information content (AvgIpc) is 3.14. The molecule has 0 aliphatic heterocycles. The van der Waals surface area contributed by atoms with Crippen molar-refractivity contribution >= 4 is 0 Å². The summed E-state index contributed by atoms with van der Waals surface area (Å²) in [4.78, 5) is 0. The Morgan fingerprint density at radius 3 is 2.69 bits per heavy atom. The fourth-order valence-electron chi connectivity index (χ4n) is 8.64. The second-order valence-electron chi connectivity index (χ2n) is 12.0. The SMILES string of the molecule is C=CC(C)C(C)CC(C)C1CCC2C3CC=C4CC(O)CCC4(C)C3CC(C)C12. The van der Waals surface area contributed by atoms with Crippen LogP contribution in [0.15, 0.2) is 24.3 Å². The van der Waals surface area contributed by atoms with Gasteiger partial charge in [0.1, 0.15) is 0 Å². The Bertz CT molecular complexity index is 634. The summed E-state index contributed by atoms with van der Waals surface area (Å²) in [5, 5.41) is 10.2. The highest BCUT2D eigenvalue weighted by atomic mass is 16.3. The Hall–Kier alpha value is -0.560. The van der Waals surface area contributed by atoms with E-state index in [0.29, 0.717) is 11.3 Å². The van der Waals surface area contributed by atoms with Gasteiger partial charge in [0.05, 0.1) is 6.10 Å². The molecule has 164 valence electrons. The van der Waals surface area contributed by atoms with Crippen LogP contribution < -0.4 is 0 Å². The van der Waals surface area contributed by atoms with Crippen molar-refractivity contribution in [3.63, 3.8) is 0 Å². The predicted octanol–water partition coefficient (Wildman–Crippen LogP) is 7.27. The summed E-state index contributed by atoms with van der Waals surface area (Å²) >= 11 is 0. The molecule has 1 nitrogen and oxygen atoms in total. The van der Waals surface area contributed by atoms with E-state index >= 15 is 0 Å². The van der Waals surface area contributed by atoms with Crippen LogP contribution in [0.2, 0.25) is 0 Å². The van der Waals surface area contributed by atoms with Crippen LogP contribution in [0.4, 0.5) is 0 Å². The molecule has 0 heterocycles. The molecule has 0 aromatic rings. The molecular formula is C28H46O. The first-order valence-electron chi connectivity index (χ1n) is 12.8. The smallest absolute Gasteiger partial charge is 0.0577 e. The minimum absolute atomic E-state index is 0.0868. The minimum atomic E-state index is -0.0868. The number of fused-ring (bicyclic) bond motifs is 5. The van der Waals surface area contributed by atoms with E-state index in [0.717, 1.165) is 60.2 Å². The lowest BCUT2D eigenvalue weighted by Gasteiger charge is -2.57. The maximum Gasteiger partial charge on any atom is 0.0577 e. The highest BCUT2D eigenvalue weighted by molar-refractivity contribution is 5.25. The molecule has 1 heteroatoms. The molecule has 0 amide bonds. The van der Waals surface area contributed by atoms with Gasteiger partial charge < -0.3 is 5.11 Å². The second kappa shape index (κ2) is 8.18. The van der Waals surface area contributed by atoms with E-state index in [1.165, 1.54) is 38.5 Å². The van der Waals surface area contributed by atoms with Crippen LogP contribution in [0.3, 0.4) is 0 Å². The summed E-state index contributed by atoms with van der Waals surface area (Å²) in [7, 11) is 0. The third-order valence-corrected chi connectivity index (χ3v) is 10.6. The molecule has 29 heavy (non-hydrogen) atoms. The van der Waals surface area contributed by atoms with Gasteiger partial charge in [0.25, 0.3) is 0 Å². The van der Waals surface area contributed by atoms with E-state index in [-0.39, 0.29) is 6.10 Å². The monoisotopic (exact) mass is 398 g/mol. The average molecular weight is 399 g/mol. The lowest BCUT2D eigenvalue weighted by atomic mass is 9.48. The number of rotatable bonds is 5. The Balaban J connectivity index is 1.51. The highest BCUT2D eigenvalue weighted by Crippen LogP contribution is 2.64. The molecule has 1 N–H and O–H groups in total. The van der Waals surface area contributed by atoms with Crippen molar-refractivity contribution in [1.82, 2.24) is 0 Å². The van der Waals surface area contributed by atoms with Crippen LogP contribution in [0.1, 0.15) is 86.0 Å². The summed E-state index contributed by atoms with van der Waals surface area (Å²) < 4.78 is 0. The van der Waals surface area contributed by atoms with Gasteiger partial charge in [-0.3, -0.25) is 0 Å². The van der Waals surface area contributed by atoms with Gasteiger partial charge in [0.15, 0.2) is 0 Å². The molecule has 11 atom stereocenters. The lowest BCUT2D eigenvalue weighted by Crippen LogP contribution is -2.50. The first-order valence-corrected chi connectivity index (χ1v) is 12.8. The third-order valence-electron chi connectivity index (χ3n) is 10.6. The molecule has 0 saturated heterocycles. The van der Waals surface area contributed by atoms with E-state index in [1.807, 2.05) is 0 Å². The van der Waals surface area contributed by atoms with Crippen molar-refractivity contribution in [2.24, 2.45) is 58.7 Å². The molecule has 4 aliphatic rings. The van der Waals surface area contributed by atoms with Crippen LogP contribution in [-0.4, -0.2) is 11.2 Å². The van der Waals surface area contributed by atoms with Gasteiger partial charge in [-0.05, 0) is 110 Å². The zero-order valence-electron chi connectivity index (χ0n) is 19.7. The molecule has 3 saturated carbocycles. The summed E-state index contributed by atoms with van der Waals surface area (Å²) in [6.45, 7) is 16.5. The molecule has 4 rings (SSSR count). The Morgan fingerprint density at radius 1 is 1.21 bits per heavy atom. The summed E-state index contributed by atoms with van der Waals surface area (Å²) in [5.41, 5.74) is 1.98. The van der Waals surface area contributed by atoms with Crippen molar-refractivity contribution in [2.45, 2.75) is 92.1 Å². The molecule has 0 aromatic heterocycles. The molecular weight excluding hydrogens is 352 g/mol. The summed E-state index contributed by atoms with van der Waals surface area (Å²) in [6, 6.07) is 0. The first kappa shape index (κ1) is 21.7. The van der Waals surface area contributed by atoms with Crippen molar-refractivity contribution in [3.05, 3.63) is 24.3 Å². The Morgan fingerprint density at radius 2 is 1.97 bits per heavy atom. The topological polar surface area (TPSA) is 20.2 Å². The van der Waals surface area contributed by atoms with Gasteiger partial charge in [-0.2, -0.15) is 0 Å². The molecule has 11 unspecified atom stereocenters. The van der Waals surface area contributed by atoms with Crippen molar-refractivity contribution in [2.75, 3.05) is 0 Å². The van der Waals surface area contributed by atoms with Gasteiger partial charge >= 0.3 is 0 Å². The molecule has 0 aromatic carbocycles. The molecule has 0 radical (unpaired) electrons. The van der Waals surface area contributed by atoms with Crippen LogP contribution in [-0.2, 0) is 0 Å². The number of aliphatic hydroxyl groups is 1. The fourth-order valence-corrected chi connectivity index (χ4v) is 8.64. The molecule has 3 fully saturated rings. The molecule has 0 spiro atoms. The van der Waals surface area contributed by atoms with E-state index < -0.39 is 0 Å². The van der Waals surface area contributed by atoms with E-state index in [1.54, 1.807) is 5.57 Å². The maximum atomic E-state index is 10.2. The van der Waals surface area contributed by atoms with Crippen molar-refractivity contribution in [3.8, 4) is 0 Å². The van der Waals surface area contributed by atoms with Gasteiger partial charge in [0, 0.05) is 0 Å². The zero-order valence-corrected chi connectivity index (χ0v) is 19.7. The Labute approximate surface area is 180 Å². The first-order chi connectivity index (χ1) is 13.8. The van der Waals surface area contributed by atoms with E-state index in [9.17, 15) is 5.11 Å². The summed E-state index contributed by atoms with van der Waals surface area (Å²) in [6.07, 6.45) is 14.8. The second-order valence-corrected chi connectivity index (χ2v) is 12.0. The van der Waals surface area contributed by atoms with Crippen molar-refractivity contribution < 1.29 is 5.11 Å². The van der Waals surface area contributed by atoms with Gasteiger partial charge in [0.2, 0.25) is 0 Å². The van der Waals surface area contributed by atoms with Crippen LogP contribution >= 0.6 is 0 Å². The van der Waals surface area contributed by atoms with Crippen LogP contribution in [0.5, 0.6) is 0 Å². The fraction of sp³-hybridized carbons (Fsp3) is 0.857. The standard InChI is InChI=1S/C28H46O/c1-7-17(2)18(3)14-19(4)23-10-11-25-24-9-8-21-16-22(29)12-13-28(21,6)26(24)15-20(5)27(23)25/h7-8,17-20,22-27,29H,1,9-16H2,2-6H3. The maximum absolute atomic E-state index is 10.2. The largest absolute Gasteiger partial charge is 0.393 e. The predicted molar refractivity (Wildman–Crippen MR) is 123 cm³/mol. The normalized spacial score (nSPS) is 47.2. The number of aliphatic hydroxyl groups excluding tert-OH is 1. The van der Waals surface area contributed by atoms with E-state index in [2.05, 4.69) is 53.3 Å². The quantitative estimate of drug-likeness (QED) is 0.483. The highest BCUT2D eigenvalue weighted by Gasteiger charge is 2.56. The molecule has 4 aliphatic carbocycles. The van der Waals surface area contributed by atoms with Gasteiger partial charge in [-0.1, -0.05) is 52.3 Å². The van der Waals surface area contributed by atoms with Gasteiger partial charge in [-0.25, -0.2) is 0 Å². The van der Waals surface area contributed by atoms with Gasteiger partial charge in [-0.15, -0.1) is 6.58 Å². The number of hydrogen-bond donors (Lipinski definition) is 1. The zero-order chi connectivity index (χ0) is 20.9. The summed E-state index contributed by atoms with van der Waals surface area (Å²) in [5.74, 6) is 7.69. The number of allylic oxidation sites excluding steroid dienone is 2. The number of hydrogen-bond acceptors (Lipinski definition) is 1. The van der Waals surface area contributed by atoms with Crippen LogP contribution in [0, 0.1) is 58.7 Å². The Kier molecular flexibility index (Phi) is 6.11. The molecule has 0 bridgehead atoms. The minimum Gasteiger partial charge on any atom is -0.393 e. The lowest BCUT2D eigenvalue weighted by molar-refractivity contribution is -0.0413. The third kappa shape index (κ3) is 3.68. The van der Waals surface area contributed by atoms with Crippen molar-refractivity contribution in [1.29, 1.82) is 0 Å². The van der Waals surface area contributed by atoms with Crippen LogP contribution in [0.25, 0.3) is 0 Å². The van der Waals surface area contributed by atoms with E-state index in [4.69, 9.17) is 0 Å².